The summed E-state index contributed by atoms with van der Waals surface area (Å²) in [5.74, 6) is 0. The third-order valence-electron chi connectivity index (χ3n) is 10.9. The number of para-hydroxylation sites is 2. The number of hydrogen-bond donors (Lipinski definition) is 0. The molecule has 6 heterocycles. The molecule has 0 unspecified atom stereocenters. The number of benzene rings is 4. The van der Waals surface area contributed by atoms with Gasteiger partial charge in [0.25, 0.3) is 0 Å². The lowest BCUT2D eigenvalue weighted by atomic mass is 10.0. The van der Waals surface area contributed by atoms with Crippen LogP contribution in [0.15, 0.2) is 115 Å². The highest BCUT2D eigenvalue weighted by Crippen LogP contribution is 2.26. The van der Waals surface area contributed by atoms with Crippen LogP contribution >= 0.6 is 0 Å². The molecule has 0 radical (unpaired) electrons. The van der Waals surface area contributed by atoms with E-state index >= 15 is 0 Å². The predicted octanol–water partition coefficient (Wildman–Crippen LogP) is 7.99. The molecule has 5 aromatic rings. The van der Waals surface area contributed by atoms with Crippen molar-refractivity contribution < 1.29 is 0 Å². The zero-order valence-electron chi connectivity index (χ0n) is 32.3. The van der Waals surface area contributed by atoms with Gasteiger partial charge < -0.3 is 19.3 Å². The molecule has 0 saturated heterocycles. The fourth-order valence-corrected chi connectivity index (χ4v) is 7.81. The van der Waals surface area contributed by atoms with Crippen LogP contribution < -0.4 is 9.80 Å². The first kappa shape index (κ1) is 37.4. The molecule has 6 heteroatoms. The lowest BCUT2D eigenvalue weighted by Crippen LogP contribution is -2.29. The van der Waals surface area contributed by atoms with Gasteiger partial charge in [-0.2, -0.15) is 0 Å². The molecule has 0 atom stereocenters. The van der Waals surface area contributed by atoms with E-state index < -0.39 is 0 Å². The maximum absolute atomic E-state index is 2.36. The number of likely N-dealkylation sites (N-methyl/N-ethyl adjacent to an activating group) is 3. The van der Waals surface area contributed by atoms with E-state index in [0.29, 0.717) is 0 Å². The van der Waals surface area contributed by atoms with Crippen molar-refractivity contribution in [2.24, 2.45) is 0 Å². The molecule has 0 aliphatic carbocycles. The first-order chi connectivity index (χ1) is 25.3. The molecule has 5 aliphatic rings. The minimum Gasteiger partial charge on any atom is -0.374 e. The molecule has 1 aromatic heterocycles. The average molecular weight is 697 g/mol. The smallest absolute Gasteiger partial charge is 0.0396 e. The molecule has 52 heavy (non-hydrogen) atoms. The Balaban J connectivity index is 0.000000112. The van der Waals surface area contributed by atoms with Gasteiger partial charge in [-0.05, 0) is 104 Å². The fourth-order valence-electron chi connectivity index (χ4n) is 7.81. The molecule has 0 fully saturated rings. The van der Waals surface area contributed by atoms with Crippen LogP contribution in [0.1, 0.15) is 45.5 Å². The Hall–Kier alpha value is -4.36. The lowest BCUT2D eigenvalue weighted by Gasteiger charge is -2.26. The quantitative estimate of drug-likeness (QED) is 0.163. The van der Waals surface area contributed by atoms with Crippen LogP contribution in [0, 0.1) is 0 Å². The van der Waals surface area contributed by atoms with Gasteiger partial charge in [0.15, 0.2) is 0 Å². The molecule has 0 saturated carbocycles. The van der Waals surface area contributed by atoms with Gasteiger partial charge in [-0.3, -0.25) is 9.80 Å². The van der Waals surface area contributed by atoms with Crippen LogP contribution in [0.5, 0.6) is 0 Å². The molecular formula is C46H60N6. The normalized spacial score (nSPS) is 17.2. The third kappa shape index (κ3) is 10.2. The van der Waals surface area contributed by atoms with E-state index in [9.17, 15) is 0 Å². The van der Waals surface area contributed by atoms with E-state index in [0.717, 1.165) is 32.7 Å². The minimum atomic E-state index is 1.10. The van der Waals surface area contributed by atoms with Gasteiger partial charge >= 0.3 is 0 Å². The Morgan fingerprint density at radius 1 is 0.365 bits per heavy atom. The second kappa shape index (κ2) is 18.4. The predicted molar refractivity (Wildman–Crippen MR) is 220 cm³/mol. The largest absolute Gasteiger partial charge is 0.374 e. The number of fused-ring (bicyclic) bond motifs is 5. The molecule has 274 valence electrons. The summed E-state index contributed by atoms with van der Waals surface area (Å²) in [6.45, 7) is 10.4. The zero-order valence-corrected chi connectivity index (χ0v) is 32.3. The van der Waals surface area contributed by atoms with Crippen LogP contribution in [-0.2, 0) is 52.0 Å². The zero-order chi connectivity index (χ0) is 36.3. The molecule has 0 N–H and O–H groups in total. The van der Waals surface area contributed by atoms with Gasteiger partial charge in [-0.1, -0.05) is 84.9 Å². The van der Waals surface area contributed by atoms with Crippen molar-refractivity contribution in [2.45, 2.75) is 58.4 Å². The summed E-state index contributed by atoms with van der Waals surface area (Å²) in [5.41, 5.74) is 13.3. The molecule has 4 aromatic carbocycles. The highest BCUT2D eigenvalue weighted by molar-refractivity contribution is 5.57. The van der Waals surface area contributed by atoms with E-state index in [-0.39, 0.29) is 0 Å². The Labute approximate surface area is 313 Å². The number of rotatable bonds is 0. The number of nitrogens with zero attached hydrogens (tertiary/aromatic N) is 6. The molecule has 0 bridgehead atoms. The van der Waals surface area contributed by atoms with Crippen molar-refractivity contribution in [2.75, 3.05) is 71.2 Å². The van der Waals surface area contributed by atoms with E-state index in [1.54, 1.807) is 0 Å². The summed E-state index contributed by atoms with van der Waals surface area (Å²) in [7, 11) is 10.8. The van der Waals surface area contributed by atoms with Gasteiger partial charge in [-0.15, -0.1) is 0 Å². The summed E-state index contributed by atoms with van der Waals surface area (Å²) >= 11 is 0. The molecule has 0 amide bonds. The Kier molecular flexibility index (Phi) is 13.2. The van der Waals surface area contributed by atoms with Crippen molar-refractivity contribution >= 4 is 11.4 Å². The maximum Gasteiger partial charge on any atom is 0.0396 e. The summed E-state index contributed by atoms with van der Waals surface area (Å²) in [6, 6.07) is 38.9. The Morgan fingerprint density at radius 3 is 1.48 bits per heavy atom. The molecule has 10 rings (SSSR count). The molecule has 5 aliphatic heterocycles. The van der Waals surface area contributed by atoms with Crippen LogP contribution in [0.25, 0.3) is 0 Å². The second-order valence-electron chi connectivity index (χ2n) is 15.1. The number of aryl methyl sites for hydroxylation is 1. The first-order valence-corrected chi connectivity index (χ1v) is 19.3. The summed E-state index contributed by atoms with van der Waals surface area (Å²) in [5, 5.41) is 0. The topological polar surface area (TPSA) is 21.1 Å². The van der Waals surface area contributed by atoms with Gasteiger partial charge in [0.2, 0.25) is 0 Å². The van der Waals surface area contributed by atoms with Crippen molar-refractivity contribution in [1.82, 2.24) is 19.3 Å². The van der Waals surface area contributed by atoms with Crippen LogP contribution in [0.4, 0.5) is 11.4 Å². The van der Waals surface area contributed by atoms with E-state index in [1.165, 1.54) is 102 Å². The van der Waals surface area contributed by atoms with Crippen LogP contribution in [0.2, 0.25) is 0 Å². The van der Waals surface area contributed by atoms with E-state index in [4.69, 9.17) is 0 Å². The van der Waals surface area contributed by atoms with Gasteiger partial charge in [-0.25, -0.2) is 0 Å². The number of hydrogen-bond acceptors (Lipinski definition) is 5. The van der Waals surface area contributed by atoms with Crippen molar-refractivity contribution in [3.05, 3.63) is 154 Å². The van der Waals surface area contributed by atoms with Gasteiger partial charge in [0.1, 0.15) is 0 Å². The molecule has 0 spiro atoms. The maximum atomic E-state index is 2.36. The second-order valence-corrected chi connectivity index (χ2v) is 15.1. The highest BCUT2D eigenvalue weighted by atomic mass is 15.2. The van der Waals surface area contributed by atoms with Gasteiger partial charge in [0, 0.05) is 96.3 Å². The lowest BCUT2D eigenvalue weighted by molar-refractivity contribution is 0.270. The number of anilines is 2. The van der Waals surface area contributed by atoms with Crippen molar-refractivity contribution in [3.8, 4) is 0 Å². The monoisotopic (exact) mass is 696 g/mol. The fraction of sp³-hybridized carbons (Fsp3) is 0.391. The summed E-state index contributed by atoms with van der Waals surface area (Å²) in [4.78, 5) is 11.7. The molecular weight excluding hydrogens is 637 g/mol. The minimum absolute atomic E-state index is 1.10. The van der Waals surface area contributed by atoms with Crippen molar-refractivity contribution in [1.29, 1.82) is 0 Å². The Bertz CT molecular complexity index is 1820. The summed E-state index contributed by atoms with van der Waals surface area (Å²) in [6.07, 6.45) is 7.13. The Morgan fingerprint density at radius 2 is 0.846 bits per heavy atom. The first-order valence-electron chi connectivity index (χ1n) is 19.3. The SMILES string of the molecule is CN1CCCc2ccccc21.CN1CCc2ccccc21.CN1CCc2ccccc2C1.CN1CCn2cccc2C1.CN1Cc2ccccc2C1. The molecule has 6 nitrogen and oxygen atoms in total. The van der Waals surface area contributed by atoms with Crippen LogP contribution in [0.3, 0.4) is 0 Å². The third-order valence-corrected chi connectivity index (χ3v) is 10.9. The number of aromatic nitrogens is 1. The van der Waals surface area contributed by atoms with Crippen molar-refractivity contribution in [3.63, 3.8) is 0 Å². The summed E-state index contributed by atoms with van der Waals surface area (Å²) < 4.78 is 2.32. The van der Waals surface area contributed by atoms with Crippen LogP contribution in [-0.4, -0.2) is 80.7 Å². The van der Waals surface area contributed by atoms with Gasteiger partial charge in [0.05, 0.1) is 0 Å². The van der Waals surface area contributed by atoms with E-state index in [1.807, 2.05) is 0 Å². The average Bonchev–Trinajstić information content (AvgIpc) is 3.90. The standard InChI is InChI=1S/2C10H13N.2C9H11N.C8H12N2/c1-11-8-4-6-9-5-2-3-7-10(9)11;1-11-7-6-9-4-2-3-5-10(9)8-11;1-10-6-8-4-2-3-5-9(8)7-10;1-10-7-6-8-4-2-3-5-9(8)10;1-9-5-6-10-4-2-3-8(10)7-9/h2-3,5,7H,4,6,8H2,1H3;2-5H,6-8H2,1H3;2*2-5H,6-7H2,1H3;2-4H,5-7H2,1H3. The van der Waals surface area contributed by atoms with E-state index in [2.05, 4.69) is 180 Å². The highest BCUT2D eigenvalue weighted by Gasteiger charge is 2.15.